The van der Waals surface area contributed by atoms with Crippen LogP contribution in [0.25, 0.3) is 0 Å². The van der Waals surface area contributed by atoms with Gasteiger partial charge in [-0.15, -0.1) is 0 Å². The third-order valence-corrected chi connectivity index (χ3v) is 3.03. The van der Waals surface area contributed by atoms with Crippen molar-refractivity contribution in [3.63, 3.8) is 0 Å². The molecule has 1 unspecified atom stereocenters. The molecule has 0 aromatic heterocycles. The maximum Gasteiger partial charge on any atom is 0.393 e. The maximum atomic E-state index is 12.8. The molecular weight excluding hydrogens is 271 g/mol. The van der Waals surface area contributed by atoms with Crippen LogP contribution in [-0.4, -0.2) is 31.9 Å². The number of nitrogens with zero attached hydrogens (tertiary/aromatic N) is 1. The van der Waals surface area contributed by atoms with Crippen molar-refractivity contribution in [3.8, 4) is 0 Å². The number of nitrogens with one attached hydrogen (secondary N) is 2. The Morgan fingerprint density at radius 3 is 2.30 bits per heavy atom. The first-order valence-electron chi connectivity index (χ1n) is 6.23. The van der Waals surface area contributed by atoms with Gasteiger partial charge in [0.1, 0.15) is 0 Å². The Bertz CT molecular complexity index is 376. The predicted octanol–water partition coefficient (Wildman–Crippen LogP) is 2.62. The number of amides is 1. The van der Waals surface area contributed by atoms with E-state index < -0.39 is 17.6 Å². The molecule has 0 aliphatic rings. The highest BCUT2D eigenvalue weighted by Crippen LogP contribution is 2.41. The molecule has 0 aliphatic carbocycles. The lowest BCUT2D eigenvalue weighted by Gasteiger charge is -2.29. The van der Waals surface area contributed by atoms with Crippen LogP contribution in [0.2, 0.25) is 0 Å². The first-order valence-corrected chi connectivity index (χ1v) is 6.23. The van der Waals surface area contributed by atoms with Crippen LogP contribution in [0.1, 0.15) is 33.6 Å². The minimum absolute atomic E-state index is 0.124. The van der Waals surface area contributed by atoms with Gasteiger partial charge in [-0.3, -0.25) is 9.79 Å². The van der Waals surface area contributed by atoms with E-state index in [0.29, 0.717) is 5.70 Å². The van der Waals surface area contributed by atoms with E-state index in [1.807, 2.05) is 0 Å². The molecule has 0 aliphatic heterocycles. The molecule has 20 heavy (non-hydrogen) atoms. The van der Waals surface area contributed by atoms with Gasteiger partial charge in [0, 0.05) is 20.2 Å². The fraction of sp³-hybridized carbons (Fsp3) is 0.692. The Morgan fingerprint density at radius 1 is 1.40 bits per heavy atom. The third kappa shape index (κ3) is 5.63. The number of halogens is 3. The van der Waals surface area contributed by atoms with E-state index in [0.717, 1.165) is 13.8 Å². The topological polar surface area (TPSA) is 53.5 Å². The zero-order valence-electron chi connectivity index (χ0n) is 12.3. The molecule has 0 radical (unpaired) electrons. The predicted molar refractivity (Wildman–Crippen MR) is 73.4 cm³/mol. The molecule has 0 saturated carbocycles. The molecule has 0 aromatic carbocycles. The summed E-state index contributed by atoms with van der Waals surface area (Å²) in [5, 5.41) is 5.32. The first kappa shape index (κ1) is 18.5. The van der Waals surface area contributed by atoms with E-state index in [9.17, 15) is 18.0 Å². The molecule has 1 atom stereocenters. The number of carbonyl (C=O) groups excluding carboxylic acids is 1. The van der Waals surface area contributed by atoms with Crippen molar-refractivity contribution in [2.24, 2.45) is 10.4 Å². The smallest absolute Gasteiger partial charge is 0.392 e. The highest BCUT2D eigenvalue weighted by molar-refractivity contribution is 5.73. The average Bonchev–Trinajstić information content (AvgIpc) is 2.29. The molecule has 7 heteroatoms. The summed E-state index contributed by atoms with van der Waals surface area (Å²) in [5.41, 5.74) is -1.42. The molecule has 0 spiro atoms. The van der Waals surface area contributed by atoms with Crippen molar-refractivity contribution >= 4 is 12.6 Å². The summed E-state index contributed by atoms with van der Waals surface area (Å²) < 4.78 is 38.5. The molecule has 0 bridgehead atoms. The van der Waals surface area contributed by atoms with Crippen LogP contribution < -0.4 is 10.6 Å². The maximum absolute atomic E-state index is 12.8. The third-order valence-electron chi connectivity index (χ3n) is 3.03. The van der Waals surface area contributed by atoms with Gasteiger partial charge >= 0.3 is 6.18 Å². The first-order chi connectivity index (χ1) is 9.05. The standard InChI is InChI=1S/C13H22F3N3O/c1-9(20)19-10(11(18-5)8-17-4)6-7-12(2,3)13(14,15)16/h8,10,17H,5-7H2,1-4H3,(H,19,20)/b11-8-. The zero-order chi connectivity index (χ0) is 16.0. The van der Waals surface area contributed by atoms with Crippen LogP contribution in [0.5, 0.6) is 0 Å². The summed E-state index contributed by atoms with van der Waals surface area (Å²) in [6.45, 7) is 6.96. The van der Waals surface area contributed by atoms with Gasteiger partial charge in [-0.25, -0.2) is 0 Å². The Kier molecular flexibility index (Phi) is 6.75. The van der Waals surface area contributed by atoms with Crippen LogP contribution >= 0.6 is 0 Å². The minimum atomic E-state index is -4.29. The number of alkyl halides is 3. The van der Waals surface area contributed by atoms with Crippen LogP contribution in [0.15, 0.2) is 16.9 Å². The lowest BCUT2D eigenvalue weighted by molar-refractivity contribution is -0.214. The molecule has 0 fully saturated rings. The fourth-order valence-corrected chi connectivity index (χ4v) is 1.59. The minimum Gasteiger partial charge on any atom is -0.392 e. The summed E-state index contributed by atoms with van der Waals surface area (Å²) in [7, 11) is 1.63. The number of carbonyl (C=O) groups is 1. The van der Waals surface area contributed by atoms with E-state index in [2.05, 4.69) is 22.3 Å². The van der Waals surface area contributed by atoms with Crippen molar-refractivity contribution in [1.29, 1.82) is 0 Å². The van der Waals surface area contributed by atoms with E-state index in [1.165, 1.54) is 13.1 Å². The average molecular weight is 293 g/mol. The van der Waals surface area contributed by atoms with Gasteiger partial charge in [-0.05, 0) is 19.6 Å². The summed E-state index contributed by atoms with van der Waals surface area (Å²) in [5.74, 6) is -0.328. The number of rotatable bonds is 7. The largest absolute Gasteiger partial charge is 0.393 e. The van der Waals surface area contributed by atoms with Gasteiger partial charge in [-0.2, -0.15) is 13.2 Å². The monoisotopic (exact) mass is 293 g/mol. The van der Waals surface area contributed by atoms with Crippen molar-refractivity contribution in [2.45, 2.75) is 45.8 Å². The Morgan fingerprint density at radius 2 is 1.95 bits per heavy atom. The van der Waals surface area contributed by atoms with Crippen LogP contribution in [0, 0.1) is 5.41 Å². The van der Waals surface area contributed by atoms with Gasteiger partial charge in [0.05, 0.1) is 17.2 Å². The molecule has 0 rings (SSSR count). The fourth-order valence-electron chi connectivity index (χ4n) is 1.59. The second-order valence-electron chi connectivity index (χ2n) is 5.19. The van der Waals surface area contributed by atoms with Crippen molar-refractivity contribution in [1.82, 2.24) is 10.6 Å². The molecule has 0 saturated heterocycles. The highest BCUT2D eigenvalue weighted by atomic mass is 19.4. The second-order valence-corrected chi connectivity index (χ2v) is 5.19. The molecule has 0 heterocycles. The summed E-state index contributed by atoms with van der Waals surface area (Å²) in [6.07, 6.45) is -2.78. The Balaban J connectivity index is 4.97. The quantitative estimate of drug-likeness (QED) is 0.709. The van der Waals surface area contributed by atoms with Gasteiger partial charge in [0.25, 0.3) is 0 Å². The van der Waals surface area contributed by atoms with Gasteiger partial charge in [0.15, 0.2) is 0 Å². The lowest BCUT2D eigenvalue weighted by atomic mass is 9.85. The normalized spacial score (nSPS) is 14.7. The summed E-state index contributed by atoms with van der Waals surface area (Å²) in [4.78, 5) is 14.9. The van der Waals surface area contributed by atoms with Gasteiger partial charge in [-0.1, -0.05) is 13.8 Å². The van der Waals surface area contributed by atoms with E-state index in [1.54, 1.807) is 7.05 Å². The van der Waals surface area contributed by atoms with Crippen LogP contribution in [0.4, 0.5) is 13.2 Å². The molecular formula is C13H22F3N3O. The van der Waals surface area contributed by atoms with E-state index >= 15 is 0 Å². The van der Waals surface area contributed by atoms with E-state index in [4.69, 9.17) is 0 Å². The number of hydrogen-bond donors (Lipinski definition) is 2. The zero-order valence-corrected chi connectivity index (χ0v) is 12.3. The lowest BCUT2D eigenvalue weighted by Crippen LogP contribution is -2.38. The molecule has 116 valence electrons. The van der Waals surface area contributed by atoms with Gasteiger partial charge < -0.3 is 10.6 Å². The Labute approximate surface area is 117 Å². The highest BCUT2D eigenvalue weighted by Gasteiger charge is 2.46. The van der Waals surface area contributed by atoms with Gasteiger partial charge in [0.2, 0.25) is 5.91 Å². The molecule has 2 N–H and O–H groups in total. The SMILES string of the molecule is C=N/C(=C\NC)C(CCC(C)(C)C(F)(F)F)NC(C)=O. The van der Waals surface area contributed by atoms with E-state index in [-0.39, 0.29) is 18.7 Å². The number of hydrogen-bond acceptors (Lipinski definition) is 3. The van der Waals surface area contributed by atoms with Crippen molar-refractivity contribution < 1.29 is 18.0 Å². The molecule has 0 aromatic rings. The summed E-state index contributed by atoms with van der Waals surface area (Å²) >= 11 is 0. The van der Waals surface area contributed by atoms with Crippen LogP contribution in [0.3, 0.4) is 0 Å². The summed E-state index contributed by atoms with van der Waals surface area (Å²) in [6, 6.07) is -0.598. The second kappa shape index (κ2) is 7.31. The van der Waals surface area contributed by atoms with Crippen LogP contribution in [-0.2, 0) is 4.79 Å². The van der Waals surface area contributed by atoms with Crippen molar-refractivity contribution in [2.75, 3.05) is 7.05 Å². The Hall–Kier alpha value is -1.53. The molecule has 1 amide bonds. The number of aliphatic imine (C=N–C) groups is 1. The molecule has 4 nitrogen and oxygen atoms in total. The van der Waals surface area contributed by atoms with Crippen molar-refractivity contribution in [3.05, 3.63) is 11.9 Å².